The van der Waals surface area contributed by atoms with E-state index in [2.05, 4.69) is 4.98 Å². The Morgan fingerprint density at radius 2 is 1.86 bits per heavy atom. The molecule has 0 radical (unpaired) electrons. The number of amides is 1. The van der Waals surface area contributed by atoms with Gasteiger partial charge in [-0.1, -0.05) is 0 Å². The first-order valence-electron chi connectivity index (χ1n) is 10.3. The number of rotatable bonds is 3. The molecule has 0 aromatic carbocycles. The molecule has 0 unspecified atom stereocenters. The molecule has 29 heavy (non-hydrogen) atoms. The number of pyridine rings is 1. The standard InChI is InChI=1S/C21H27F3N2O3/c1-12-7-17(21(22,23)24)13(2)25-18(12)29-16-3-5-20(6-4-16)10-26(11-20)19(28)14-8-15(27)9-14/h7,14-16,27H,3-6,8-11H2,1-2H3. The number of alkyl halides is 3. The Morgan fingerprint density at radius 1 is 1.24 bits per heavy atom. The van der Waals surface area contributed by atoms with Crippen LogP contribution in [0.2, 0.25) is 0 Å². The van der Waals surface area contributed by atoms with Gasteiger partial charge in [-0.2, -0.15) is 13.2 Å². The van der Waals surface area contributed by atoms with Crippen LogP contribution in [0.3, 0.4) is 0 Å². The minimum atomic E-state index is -4.41. The lowest BCUT2D eigenvalue weighted by Gasteiger charge is -2.54. The van der Waals surface area contributed by atoms with Crippen molar-refractivity contribution in [3.8, 4) is 5.88 Å². The van der Waals surface area contributed by atoms with Crippen molar-refractivity contribution in [1.29, 1.82) is 0 Å². The number of ether oxygens (including phenoxy) is 1. The number of halogens is 3. The number of carbonyl (C=O) groups is 1. The first kappa shape index (κ1) is 20.4. The van der Waals surface area contributed by atoms with Gasteiger partial charge in [0.2, 0.25) is 11.8 Å². The number of hydrogen-bond acceptors (Lipinski definition) is 4. The lowest BCUT2D eigenvalue weighted by molar-refractivity contribution is -0.158. The molecule has 1 saturated heterocycles. The van der Waals surface area contributed by atoms with Gasteiger partial charge in [0, 0.05) is 30.0 Å². The number of likely N-dealkylation sites (tertiary alicyclic amines) is 1. The van der Waals surface area contributed by atoms with Crippen molar-refractivity contribution in [3.63, 3.8) is 0 Å². The summed E-state index contributed by atoms with van der Waals surface area (Å²) in [7, 11) is 0. The molecule has 2 aliphatic carbocycles. The van der Waals surface area contributed by atoms with Gasteiger partial charge < -0.3 is 14.7 Å². The molecular formula is C21H27F3N2O3. The van der Waals surface area contributed by atoms with E-state index in [1.807, 2.05) is 4.90 Å². The molecule has 2 heterocycles. The second kappa shape index (κ2) is 7.15. The fourth-order valence-corrected chi connectivity index (χ4v) is 4.85. The molecule has 8 heteroatoms. The molecule has 5 nitrogen and oxygen atoms in total. The van der Waals surface area contributed by atoms with Gasteiger partial charge in [0.15, 0.2) is 0 Å². The van der Waals surface area contributed by atoms with Crippen molar-refractivity contribution >= 4 is 5.91 Å². The van der Waals surface area contributed by atoms with Gasteiger partial charge in [-0.05, 0) is 58.4 Å². The van der Waals surface area contributed by atoms with E-state index >= 15 is 0 Å². The Morgan fingerprint density at radius 3 is 2.41 bits per heavy atom. The molecule has 4 rings (SSSR count). The summed E-state index contributed by atoms with van der Waals surface area (Å²) in [5, 5.41) is 9.38. The SMILES string of the molecule is Cc1cc(C(F)(F)F)c(C)nc1OC1CCC2(CC1)CN(C(=O)C1CC(O)C1)C2. The van der Waals surface area contributed by atoms with Crippen molar-refractivity contribution in [2.75, 3.05) is 13.1 Å². The topological polar surface area (TPSA) is 62.7 Å². The van der Waals surface area contributed by atoms with Crippen molar-refractivity contribution in [2.45, 2.75) is 70.8 Å². The predicted octanol–water partition coefficient (Wildman–Crippen LogP) is 3.64. The third kappa shape index (κ3) is 3.96. The maximum Gasteiger partial charge on any atom is 0.418 e. The molecule has 1 aliphatic heterocycles. The van der Waals surface area contributed by atoms with E-state index in [1.54, 1.807) is 6.92 Å². The fraction of sp³-hybridized carbons (Fsp3) is 0.714. The number of aromatic nitrogens is 1. The number of aryl methyl sites for hydroxylation is 2. The third-order valence-corrected chi connectivity index (χ3v) is 6.76. The summed E-state index contributed by atoms with van der Waals surface area (Å²) in [5.74, 6) is 0.434. The van der Waals surface area contributed by atoms with Crippen molar-refractivity contribution in [1.82, 2.24) is 9.88 Å². The van der Waals surface area contributed by atoms with E-state index in [9.17, 15) is 23.1 Å². The molecule has 3 fully saturated rings. The molecule has 0 bridgehead atoms. The average Bonchev–Trinajstić information content (AvgIpc) is 2.59. The van der Waals surface area contributed by atoms with E-state index < -0.39 is 11.7 Å². The van der Waals surface area contributed by atoms with Crippen LogP contribution < -0.4 is 4.74 Å². The Hall–Kier alpha value is -1.83. The highest BCUT2D eigenvalue weighted by atomic mass is 19.4. The molecule has 1 N–H and O–H groups in total. The van der Waals surface area contributed by atoms with Gasteiger partial charge in [-0.15, -0.1) is 0 Å². The molecule has 1 spiro atoms. The maximum atomic E-state index is 13.0. The van der Waals surface area contributed by atoms with Crippen molar-refractivity contribution in [3.05, 3.63) is 22.9 Å². The largest absolute Gasteiger partial charge is 0.474 e. The van der Waals surface area contributed by atoms with E-state index in [4.69, 9.17) is 4.74 Å². The van der Waals surface area contributed by atoms with E-state index in [0.29, 0.717) is 18.4 Å². The van der Waals surface area contributed by atoms with E-state index in [-0.39, 0.29) is 41.0 Å². The fourth-order valence-electron chi connectivity index (χ4n) is 4.85. The second-order valence-corrected chi connectivity index (χ2v) is 9.07. The number of hydrogen-bond donors (Lipinski definition) is 1. The molecular weight excluding hydrogens is 385 g/mol. The lowest BCUT2D eigenvalue weighted by atomic mass is 9.67. The summed E-state index contributed by atoms with van der Waals surface area (Å²) in [6.07, 6.45) is -0.138. The first-order chi connectivity index (χ1) is 13.6. The summed E-state index contributed by atoms with van der Waals surface area (Å²) in [4.78, 5) is 18.3. The Labute approximate surface area is 168 Å². The molecule has 3 aliphatic rings. The van der Waals surface area contributed by atoms with Crippen LogP contribution in [-0.2, 0) is 11.0 Å². The third-order valence-electron chi connectivity index (χ3n) is 6.76. The van der Waals surface area contributed by atoms with Crippen LogP contribution in [0.25, 0.3) is 0 Å². The summed E-state index contributed by atoms with van der Waals surface area (Å²) in [6.45, 7) is 4.48. The van der Waals surface area contributed by atoms with Gasteiger partial charge in [0.1, 0.15) is 6.10 Å². The number of nitrogens with zero attached hydrogens (tertiary/aromatic N) is 2. The maximum absolute atomic E-state index is 13.0. The van der Waals surface area contributed by atoms with E-state index in [0.717, 1.165) is 44.8 Å². The molecule has 0 atom stereocenters. The Bertz CT molecular complexity index is 789. The smallest absolute Gasteiger partial charge is 0.418 e. The highest BCUT2D eigenvalue weighted by Gasteiger charge is 2.49. The monoisotopic (exact) mass is 412 g/mol. The Balaban J connectivity index is 1.30. The van der Waals surface area contributed by atoms with Gasteiger partial charge in [0.05, 0.1) is 17.4 Å². The van der Waals surface area contributed by atoms with Crippen LogP contribution in [-0.4, -0.2) is 46.2 Å². The molecule has 1 aromatic heterocycles. The Kier molecular flexibility index (Phi) is 5.04. The lowest BCUT2D eigenvalue weighted by Crippen LogP contribution is -2.62. The van der Waals surface area contributed by atoms with E-state index in [1.165, 1.54) is 6.92 Å². The van der Waals surface area contributed by atoms with Crippen molar-refractivity contribution < 1.29 is 27.8 Å². The molecule has 160 valence electrons. The van der Waals surface area contributed by atoms with Gasteiger partial charge in [0.25, 0.3) is 0 Å². The van der Waals surface area contributed by atoms with Gasteiger partial charge in [-0.25, -0.2) is 4.98 Å². The summed E-state index contributed by atoms with van der Waals surface area (Å²) in [5.41, 5.74) is -0.245. The summed E-state index contributed by atoms with van der Waals surface area (Å²) < 4.78 is 45.0. The van der Waals surface area contributed by atoms with Gasteiger partial charge >= 0.3 is 6.18 Å². The number of aliphatic hydroxyl groups excluding tert-OH is 1. The van der Waals surface area contributed by atoms with Gasteiger partial charge in [-0.3, -0.25) is 4.79 Å². The highest BCUT2D eigenvalue weighted by Crippen LogP contribution is 2.46. The molecule has 1 amide bonds. The van der Waals surface area contributed by atoms with Crippen LogP contribution in [0.5, 0.6) is 5.88 Å². The zero-order valence-corrected chi connectivity index (χ0v) is 16.8. The van der Waals surface area contributed by atoms with Crippen LogP contribution in [0.15, 0.2) is 6.07 Å². The second-order valence-electron chi connectivity index (χ2n) is 9.07. The van der Waals surface area contributed by atoms with Crippen LogP contribution in [0.1, 0.15) is 55.3 Å². The summed E-state index contributed by atoms with van der Waals surface area (Å²) >= 11 is 0. The minimum Gasteiger partial charge on any atom is -0.474 e. The molecule has 2 saturated carbocycles. The van der Waals surface area contributed by atoms with Crippen LogP contribution in [0.4, 0.5) is 13.2 Å². The zero-order chi connectivity index (χ0) is 21.0. The first-order valence-corrected chi connectivity index (χ1v) is 10.3. The molecule has 1 aromatic rings. The quantitative estimate of drug-likeness (QED) is 0.824. The normalized spacial score (nSPS) is 26.8. The number of carbonyl (C=O) groups excluding carboxylic acids is 1. The zero-order valence-electron chi connectivity index (χ0n) is 16.8. The van der Waals surface area contributed by atoms with Crippen molar-refractivity contribution in [2.24, 2.45) is 11.3 Å². The average molecular weight is 412 g/mol. The summed E-state index contributed by atoms with van der Waals surface area (Å²) in [6, 6.07) is 1.11. The van der Waals surface area contributed by atoms with Crippen LogP contribution in [0, 0.1) is 25.2 Å². The number of aliphatic hydroxyl groups is 1. The minimum absolute atomic E-state index is 0.0148. The van der Waals surface area contributed by atoms with Crippen LogP contribution >= 0.6 is 0 Å². The highest BCUT2D eigenvalue weighted by molar-refractivity contribution is 5.80. The predicted molar refractivity (Wildman–Crippen MR) is 99.3 cm³/mol.